The number of fused-ring (bicyclic) bond motifs is 1. The third-order valence-corrected chi connectivity index (χ3v) is 4.51. The molecule has 9 nitrogen and oxygen atoms in total. The summed E-state index contributed by atoms with van der Waals surface area (Å²) in [6.07, 6.45) is 3.08. The number of carbonyl (C=O) groups excluding carboxylic acids is 1. The van der Waals surface area contributed by atoms with Gasteiger partial charge in [-0.1, -0.05) is 30.3 Å². The standard InChI is InChI=1S/C23H19N5O4/c29-21(27-25-13-16-7-1-4-11-20(16)32-15-22(30)31)14-28-19-10-3-2-8-17(19)26-23(28)18-9-5-6-12-24-18/h1-13H,14-15H2,(H,27,29)(H,30,31). The summed E-state index contributed by atoms with van der Waals surface area (Å²) in [7, 11) is 0. The summed E-state index contributed by atoms with van der Waals surface area (Å²) in [6, 6.07) is 19.9. The van der Waals surface area contributed by atoms with Gasteiger partial charge in [0.05, 0.1) is 17.2 Å². The lowest BCUT2D eigenvalue weighted by Gasteiger charge is -2.08. The highest BCUT2D eigenvalue weighted by atomic mass is 16.5. The van der Waals surface area contributed by atoms with Gasteiger partial charge in [0.15, 0.2) is 12.4 Å². The van der Waals surface area contributed by atoms with Crippen LogP contribution in [0.4, 0.5) is 0 Å². The molecule has 0 aliphatic heterocycles. The number of para-hydroxylation sites is 3. The first kappa shape index (κ1) is 20.7. The van der Waals surface area contributed by atoms with E-state index in [0.717, 1.165) is 11.0 Å². The van der Waals surface area contributed by atoms with Crippen molar-refractivity contribution >= 4 is 29.1 Å². The number of hydrogen-bond acceptors (Lipinski definition) is 6. The van der Waals surface area contributed by atoms with Gasteiger partial charge in [0.25, 0.3) is 5.91 Å². The normalized spacial score (nSPS) is 11.0. The number of rotatable bonds is 8. The quantitative estimate of drug-likeness (QED) is 0.328. The number of carboxylic acids is 1. The number of benzene rings is 2. The third-order valence-electron chi connectivity index (χ3n) is 4.51. The molecule has 160 valence electrons. The molecule has 2 aromatic heterocycles. The van der Waals surface area contributed by atoms with Crippen molar-refractivity contribution < 1.29 is 19.4 Å². The van der Waals surface area contributed by atoms with Crippen LogP contribution in [-0.2, 0) is 16.1 Å². The maximum Gasteiger partial charge on any atom is 0.341 e. The fourth-order valence-electron chi connectivity index (χ4n) is 3.14. The zero-order valence-electron chi connectivity index (χ0n) is 16.9. The van der Waals surface area contributed by atoms with Gasteiger partial charge in [0, 0.05) is 11.8 Å². The molecule has 0 unspecified atom stereocenters. The van der Waals surface area contributed by atoms with Crippen molar-refractivity contribution in [1.29, 1.82) is 0 Å². The summed E-state index contributed by atoms with van der Waals surface area (Å²) in [4.78, 5) is 32.3. The van der Waals surface area contributed by atoms with Gasteiger partial charge in [0.2, 0.25) is 0 Å². The van der Waals surface area contributed by atoms with Gasteiger partial charge in [-0.05, 0) is 36.4 Å². The molecule has 0 spiro atoms. The van der Waals surface area contributed by atoms with Crippen molar-refractivity contribution in [3.8, 4) is 17.3 Å². The predicted octanol–water partition coefficient (Wildman–Crippen LogP) is 2.71. The van der Waals surface area contributed by atoms with Crippen LogP contribution in [0.2, 0.25) is 0 Å². The van der Waals surface area contributed by atoms with Crippen LogP contribution in [0.15, 0.2) is 78.0 Å². The summed E-state index contributed by atoms with van der Waals surface area (Å²) in [5.41, 5.74) is 5.25. The lowest BCUT2D eigenvalue weighted by molar-refractivity contribution is -0.139. The zero-order chi connectivity index (χ0) is 22.3. The number of hydrazone groups is 1. The van der Waals surface area contributed by atoms with Gasteiger partial charge in [0.1, 0.15) is 18.0 Å². The van der Waals surface area contributed by atoms with Crippen molar-refractivity contribution in [3.05, 3.63) is 78.5 Å². The summed E-state index contributed by atoms with van der Waals surface area (Å²) in [5.74, 6) is -0.504. The van der Waals surface area contributed by atoms with Gasteiger partial charge in [-0.2, -0.15) is 5.10 Å². The monoisotopic (exact) mass is 429 g/mol. The lowest BCUT2D eigenvalue weighted by Crippen LogP contribution is -2.23. The molecule has 2 N–H and O–H groups in total. The van der Waals surface area contributed by atoms with Crippen LogP contribution in [0.5, 0.6) is 5.75 Å². The number of pyridine rings is 1. The number of aromatic nitrogens is 3. The Morgan fingerprint density at radius 2 is 1.84 bits per heavy atom. The highest BCUT2D eigenvalue weighted by Crippen LogP contribution is 2.23. The van der Waals surface area contributed by atoms with E-state index in [9.17, 15) is 9.59 Å². The smallest absolute Gasteiger partial charge is 0.341 e. The molecule has 1 amide bonds. The Morgan fingerprint density at radius 1 is 1.06 bits per heavy atom. The molecular weight excluding hydrogens is 410 g/mol. The summed E-state index contributed by atoms with van der Waals surface area (Å²) < 4.78 is 7.02. The Bertz CT molecular complexity index is 1280. The number of carboxylic acid groups (broad SMARTS) is 1. The number of ether oxygens (including phenoxy) is 1. The Kier molecular flexibility index (Phi) is 6.17. The van der Waals surface area contributed by atoms with E-state index in [1.54, 1.807) is 35.0 Å². The van der Waals surface area contributed by atoms with E-state index in [0.29, 0.717) is 22.8 Å². The average molecular weight is 429 g/mol. The topological polar surface area (TPSA) is 119 Å². The number of nitrogens with one attached hydrogen (secondary N) is 1. The number of imidazole rings is 1. The summed E-state index contributed by atoms with van der Waals surface area (Å²) >= 11 is 0. The van der Waals surface area contributed by atoms with Gasteiger partial charge < -0.3 is 14.4 Å². The molecule has 4 aromatic rings. The second kappa shape index (κ2) is 9.52. The van der Waals surface area contributed by atoms with Gasteiger partial charge in [-0.25, -0.2) is 15.2 Å². The zero-order valence-corrected chi connectivity index (χ0v) is 16.9. The highest BCUT2D eigenvalue weighted by Gasteiger charge is 2.15. The summed E-state index contributed by atoms with van der Waals surface area (Å²) in [5, 5.41) is 12.8. The van der Waals surface area contributed by atoms with Crippen LogP contribution in [0, 0.1) is 0 Å². The molecule has 4 rings (SSSR count). The van der Waals surface area contributed by atoms with E-state index < -0.39 is 12.6 Å². The Balaban J connectivity index is 1.52. The molecule has 0 aliphatic rings. The lowest BCUT2D eigenvalue weighted by atomic mass is 10.2. The van der Waals surface area contributed by atoms with E-state index in [2.05, 4.69) is 20.5 Å². The number of nitrogens with zero attached hydrogens (tertiary/aromatic N) is 4. The van der Waals surface area contributed by atoms with E-state index in [-0.39, 0.29) is 12.5 Å². The second-order valence-corrected chi connectivity index (χ2v) is 6.74. The third kappa shape index (κ3) is 4.78. The fourth-order valence-corrected chi connectivity index (χ4v) is 3.14. The molecule has 0 saturated heterocycles. The Hall–Kier alpha value is -4.53. The highest BCUT2D eigenvalue weighted by molar-refractivity contribution is 5.87. The van der Waals surface area contributed by atoms with Gasteiger partial charge in [-0.3, -0.25) is 9.78 Å². The molecule has 0 bridgehead atoms. The SMILES string of the molecule is O=C(O)COc1ccccc1C=NNC(=O)Cn1c(-c2ccccn2)nc2ccccc21. The van der Waals surface area contributed by atoms with Crippen LogP contribution >= 0.6 is 0 Å². The minimum Gasteiger partial charge on any atom is -0.481 e. The molecule has 0 atom stereocenters. The number of carbonyl (C=O) groups is 2. The molecule has 0 saturated carbocycles. The minimum absolute atomic E-state index is 0.0130. The van der Waals surface area contributed by atoms with Crippen molar-refractivity contribution in [3.63, 3.8) is 0 Å². The van der Waals surface area contributed by atoms with Crippen LogP contribution in [0.3, 0.4) is 0 Å². The van der Waals surface area contributed by atoms with E-state index in [1.165, 1.54) is 6.21 Å². The fraction of sp³-hybridized carbons (Fsp3) is 0.0870. The van der Waals surface area contributed by atoms with Crippen LogP contribution in [-0.4, -0.2) is 44.3 Å². The van der Waals surface area contributed by atoms with Crippen molar-refractivity contribution in [2.24, 2.45) is 5.10 Å². The van der Waals surface area contributed by atoms with E-state index in [1.807, 2.05) is 42.5 Å². The van der Waals surface area contributed by atoms with Crippen molar-refractivity contribution in [2.75, 3.05) is 6.61 Å². The first-order chi connectivity index (χ1) is 15.6. The van der Waals surface area contributed by atoms with Crippen LogP contribution in [0.25, 0.3) is 22.6 Å². The molecule has 0 radical (unpaired) electrons. The first-order valence-electron chi connectivity index (χ1n) is 9.74. The van der Waals surface area contributed by atoms with E-state index >= 15 is 0 Å². The second-order valence-electron chi connectivity index (χ2n) is 6.74. The molecule has 2 heterocycles. The molecular formula is C23H19N5O4. The molecule has 0 fully saturated rings. The molecule has 2 aromatic carbocycles. The van der Waals surface area contributed by atoms with Crippen molar-refractivity contribution in [2.45, 2.75) is 6.54 Å². The maximum absolute atomic E-state index is 12.6. The average Bonchev–Trinajstić information content (AvgIpc) is 3.17. The molecule has 0 aliphatic carbocycles. The molecule has 9 heteroatoms. The number of hydrogen-bond donors (Lipinski definition) is 2. The maximum atomic E-state index is 12.6. The van der Waals surface area contributed by atoms with E-state index in [4.69, 9.17) is 9.84 Å². The Morgan fingerprint density at radius 3 is 2.66 bits per heavy atom. The Labute approximate surface area is 183 Å². The largest absolute Gasteiger partial charge is 0.481 e. The van der Waals surface area contributed by atoms with Crippen molar-refractivity contribution in [1.82, 2.24) is 20.0 Å². The summed E-state index contributed by atoms with van der Waals surface area (Å²) in [6.45, 7) is -0.484. The van der Waals surface area contributed by atoms with Crippen LogP contribution < -0.4 is 10.2 Å². The first-order valence-corrected chi connectivity index (χ1v) is 9.74. The van der Waals surface area contributed by atoms with Gasteiger partial charge in [-0.15, -0.1) is 0 Å². The van der Waals surface area contributed by atoms with Gasteiger partial charge >= 0.3 is 5.97 Å². The number of amides is 1. The minimum atomic E-state index is -1.08. The predicted molar refractivity (Wildman–Crippen MR) is 118 cm³/mol. The number of aliphatic carboxylic acids is 1. The van der Waals surface area contributed by atoms with Crippen LogP contribution in [0.1, 0.15) is 5.56 Å². The molecule has 32 heavy (non-hydrogen) atoms.